The molecule has 0 amide bonds. The van der Waals surface area contributed by atoms with Gasteiger partial charge in [-0.05, 0) is 39.7 Å². The number of aromatic amines is 1. The lowest BCUT2D eigenvalue weighted by Crippen LogP contribution is -2.20. The van der Waals surface area contributed by atoms with Gasteiger partial charge in [0.1, 0.15) is 17.1 Å². The quantitative estimate of drug-likeness (QED) is 0.794. The van der Waals surface area contributed by atoms with E-state index in [2.05, 4.69) is 20.9 Å². The number of carboxylic acid groups (broad SMARTS) is 1. The number of methoxy groups -OCH3 is 1. The van der Waals surface area contributed by atoms with Crippen LogP contribution in [-0.2, 0) is 0 Å². The molecule has 1 aromatic heterocycles. The molecule has 2 aromatic rings. The molecule has 1 aromatic carbocycles. The summed E-state index contributed by atoms with van der Waals surface area (Å²) in [6.07, 6.45) is 0. The molecular weight excluding hydrogens is 328 g/mol. The zero-order chi connectivity index (χ0) is 14.9. The minimum absolute atomic E-state index is 0.0990. The van der Waals surface area contributed by atoms with Gasteiger partial charge < -0.3 is 20.6 Å². The number of pyridine rings is 1. The highest BCUT2D eigenvalue weighted by Crippen LogP contribution is 2.31. The van der Waals surface area contributed by atoms with E-state index in [0.717, 1.165) is 0 Å². The summed E-state index contributed by atoms with van der Waals surface area (Å²) in [7, 11) is 1.52. The normalized spacial score (nSPS) is 10.3. The fourth-order valence-electron chi connectivity index (χ4n) is 1.85. The molecule has 0 spiro atoms. The van der Waals surface area contributed by atoms with Gasteiger partial charge in [0.05, 0.1) is 11.6 Å². The molecule has 1 heterocycles. The Kier molecular flexibility index (Phi) is 3.80. The molecule has 0 radical (unpaired) electrons. The van der Waals surface area contributed by atoms with Crippen molar-refractivity contribution in [1.29, 1.82) is 0 Å². The van der Waals surface area contributed by atoms with Crippen molar-refractivity contribution in [1.82, 2.24) is 4.98 Å². The fraction of sp³-hybridized carbons (Fsp3) is 0.0769. The molecule has 7 heteroatoms. The van der Waals surface area contributed by atoms with Crippen LogP contribution < -0.4 is 16.0 Å². The van der Waals surface area contributed by atoms with Gasteiger partial charge in [-0.2, -0.15) is 0 Å². The Balaban J connectivity index is 2.72. The number of nitrogens with two attached hydrogens (primary N) is 1. The Hall–Kier alpha value is -2.28. The summed E-state index contributed by atoms with van der Waals surface area (Å²) in [5.74, 6) is -0.612. The predicted molar refractivity (Wildman–Crippen MR) is 78.1 cm³/mol. The van der Waals surface area contributed by atoms with Crippen molar-refractivity contribution < 1.29 is 14.6 Å². The number of aromatic nitrogens is 1. The van der Waals surface area contributed by atoms with Crippen LogP contribution in [0, 0.1) is 0 Å². The van der Waals surface area contributed by atoms with E-state index >= 15 is 0 Å². The number of hydrogen-bond acceptors (Lipinski definition) is 4. The maximum atomic E-state index is 11.7. The summed E-state index contributed by atoms with van der Waals surface area (Å²) in [5.41, 5.74) is 5.29. The molecule has 104 valence electrons. The fourth-order valence-corrected chi connectivity index (χ4v) is 2.39. The van der Waals surface area contributed by atoms with Crippen LogP contribution >= 0.6 is 15.9 Å². The Morgan fingerprint density at radius 2 is 2.10 bits per heavy atom. The molecule has 6 nitrogen and oxygen atoms in total. The number of benzene rings is 1. The van der Waals surface area contributed by atoms with E-state index in [4.69, 9.17) is 10.5 Å². The molecule has 0 fully saturated rings. The summed E-state index contributed by atoms with van der Waals surface area (Å²) in [6.45, 7) is 0. The first-order valence-electron chi connectivity index (χ1n) is 5.54. The topological polar surface area (TPSA) is 105 Å². The smallest absolute Gasteiger partial charge is 0.341 e. The molecule has 0 aliphatic rings. The number of nitrogens with one attached hydrogen (secondary N) is 1. The van der Waals surface area contributed by atoms with Crippen LogP contribution in [0.4, 0.5) is 5.82 Å². The van der Waals surface area contributed by atoms with E-state index in [1.165, 1.54) is 13.2 Å². The van der Waals surface area contributed by atoms with Crippen LogP contribution in [0.25, 0.3) is 11.1 Å². The van der Waals surface area contributed by atoms with Gasteiger partial charge in [0.25, 0.3) is 5.56 Å². The molecule has 20 heavy (non-hydrogen) atoms. The van der Waals surface area contributed by atoms with E-state index in [1.807, 2.05) is 0 Å². The molecule has 0 saturated carbocycles. The Labute approximate surface area is 122 Å². The van der Waals surface area contributed by atoms with Crippen LogP contribution in [0.15, 0.2) is 33.5 Å². The summed E-state index contributed by atoms with van der Waals surface area (Å²) < 4.78 is 5.75. The van der Waals surface area contributed by atoms with Gasteiger partial charge in [0, 0.05) is 5.56 Å². The first kappa shape index (κ1) is 14.1. The van der Waals surface area contributed by atoms with Gasteiger partial charge in [0.2, 0.25) is 0 Å². The lowest BCUT2D eigenvalue weighted by atomic mass is 10.0. The van der Waals surface area contributed by atoms with Crippen molar-refractivity contribution in [2.45, 2.75) is 0 Å². The van der Waals surface area contributed by atoms with E-state index in [0.29, 0.717) is 15.8 Å². The number of ether oxygens (including phenoxy) is 1. The average molecular weight is 339 g/mol. The molecule has 0 saturated heterocycles. The molecule has 4 N–H and O–H groups in total. The molecule has 0 atom stereocenters. The Bertz CT molecular complexity index is 740. The van der Waals surface area contributed by atoms with Gasteiger partial charge in [-0.3, -0.25) is 4.79 Å². The van der Waals surface area contributed by atoms with E-state index in [1.54, 1.807) is 18.2 Å². The van der Waals surface area contributed by atoms with Crippen LogP contribution in [0.3, 0.4) is 0 Å². The first-order chi connectivity index (χ1) is 9.43. The van der Waals surface area contributed by atoms with Crippen LogP contribution in [0.1, 0.15) is 10.4 Å². The lowest BCUT2D eigenvalue weighted by Gasteiger charge is -2.09. The zero-order valence-electron chi connectivity index (χ0n) is 10.4. The average Bonchev–Trinajstić information content (AvgIpc) is 2.37. The van der Waals surface area contributed by atoms with Crippen LogP contribution in [-0.4, -0.2) is 23.2 Å². The number of carbonyl (C=O) groups is 1. The number of carboxylic acids is 1. The third-order valence-electron chi connectivity index (χ3n) is 2.73. The van der Waals surface area contributed by atoms with Crippen molar-refractivity contribution in [2.24, 2.45) is 0 Å². The van der Waals surface area contributed by atoms with Crippen molar-refractivity contribution in [3.63, 3.8) is 0 Å². The molecule has 0 aliphatic carbocycles. The molecule has 0 aliphatic heterocycles. The van der Waals surface area contributed by atoms with Crippen molar-refractivity contribution in [2.75, 3.05) is 12.8 Å². The highest BCUT2D eigenvalue weighted by atomic mass is 79.9. The van der Waals surface area contributed by atoms with Gasteiger partial charge in [0.15, 0.2) is 0 Å². The van der Waals surface area contributed by atoms with E-state index in [-0.39, 0.29) is 16.9 Å². The van der Waals surface area contributed by atoms with Crippen molar-refractivity contribution in [3.8, 4) is 16.9 Å². The van der Waals surface area contributed by atoms with Crippen molar-refractivity contribution >= 4 is 27.7 Å². The lowest BCUT2D eigenvalue weighted by molar-refractivity contribution is 0.0696. The van der Waals surface area contributed by atoms with Gasteiger partial charge in [-0.25, -0.2) is 4.79 Å². The number of H-pyrrole nitrogens is 1. The van der Waals surface area contributed by atoms with Gasteiger partial charge in [-0.15, -0.1) is 0 Å². The van der Waals surface area contributed by atoms with Gasteiger partial charge in [-0.1, -0.05) is 6.07 Å². The van der Waals surface area contributed by atoms with Crippen molar-refractivity contribution in [3.05, 3.63) is 44.7 Å². The standard InChI is InChI=1S/C13H11BrN2O4/c1-20-9-3-2-6(4-8(9)14)7-5-10(15)16-12(17)11(7)13(18)19/h2-5H,1H3,(H,18,19)(H3,15,16,17). The third kappa shape index (κ3) is 2.53. The minimum atomic E-state index is -1.31. The van der Waals surface area contributed by atoms with E-state index in [9.17, 15) is 14.7 Å². The maximum absolute atomic E-state index is 11.7. The first-order valence-corrected chi connectivity index (χ1v) is 6.33. The SMILES string of the molecule is COc1ccc(-c2cc(N)[nH]c(=O)c2C(=O)O)cc1Br. The maximum Gasteiger partial charge on any atom is 0.341 e. The second kappa shape index (κ2) is 5.38. The summed E-state index contributed by atoms with van der Waals surface area (Å²) in [6, 6.07) is 6.41. The Morgan fingerprint density at radius 3 is 2.65 bits per heavy atom. The monoisotopic (exact) mass is 338 g/mol. The third-order valence-corrected chi connectivity index (χ3v) is 3.35. The number of halogens is 1. The summed E-state index contributed by atoms with van der Waals surface area (Å²) in [4.78, 5) is 25.2. The number of rotatable bonds is 3. The number of hydrogen-bond donors (Lipinski definition) is 3. The zero-order valence-corrected chi connectivity index (χ0v) is 12.0. The van der Waals surface area contributed by atoms with Gasteiger partial charge >= 0.3 is 5.97 Å². The molecular formula is C13H11BrN2O4. The van der Waals surface area contributed by atoms with Crippen LogP contribution in [0.2, 0.25) is 0 Å². The predicted octanol–water partition coefficient (Wildman–Crippen LogP) is 2.09. The second-order valence-corrected chi connectivity index (χ2v) is 4.85. The van der Waals surface area contributed by atoms with E-state index < -0.39 is 11.5 Å². The number of aromatic carboxylic acids is 1. The summed E-state index contributed by atoms with van der Waals surface area (Å²) in [5, 5.41) is 9.17. The summed E-state index contributed by atoms with van der Waals surface area (Å²) >= 11 is 3.31. The minimum Gasteiger partial charge on any atom is -0.496 e. The highest BCUT2D eigenvalue weighted by Gasteiger charge is 2.18. The molecule has 0 bridgehead atoms. The Morgan fingerprint density at radius 1 is 1.40 bits per heavy atom. The largest absolute Gasteiger partial charge is 0.496 e. The number of nitrogen functional groups attached to an aromatic ring is 1. The highest BCUT2D eigenvalue weighted by molar-refractivity contribution is 9.10. The molecule has 2 rings (SSSR count). The number of anilines is 1. The molecule has 0 unspecified atom stereocenters. The second-order valence-electron chi connectivity index (χ2n) is 4.00. The van der Waals surface area contributed by atoms with Crippen LogP contribution in [0.5, 0.6) is 5.75 Å².